The van der Waals surface area contributed by atoms with E-state index in [1.54, 1.807) is 12.4 Å². The smallest absolute Gasteiger partial charge is 0.140 e. The molecule has 0 atom stereocenters. The van der Waals surface area contributed by atoms with Crippen LogP contribution >= 0.6 is 0 Å². The van der Waals surface area contributed by atoms with E-state index in [2.05, 4.69) is 66.3 Å². The van der Waals surface area contributed by atoms with E-state index in [4.69, 9.17) is 9.40 Å². The minimum Gasteiger partial charge on any atom is -0.456 e. The molecule has 0 unspecified atom stereocenters. The van der Waals surface area contributed by atoms with E-state index in [1.807, 2.05) is 36.5 Å². The summed E-state index contributed by atoms with van der Waals surface area (Å²) >= 11 is 0. The van der Waals surface area contributed by atoms with Crippen LogP contribution < -0.4 is 0 Å². The molecule has 0 radical (unpaired) electrons. The number of para-hydroxylation sites is 1. The maximum atomic E-state index is 6.40. The fraction of sp³-hybridized carbons (Fsp3) is 0.100. The Morgan fingerprint density at radius 2 is 1.50 bits per heavy atom. The van der Waals surface area contributed by atoms with Crippen LogP contribution in [0.25, 0.3) is 55.7 Å². The van der Waals surface area contributed by atoms with Crippen molar-refractivity contribution < 1.29 is 4.42 Å². The van der Waals surface area contributed by atoms with Crippen LogP contribution in [0, 0.1) is 0 Å². The van der Waals surface area contributed by atoms with Crippen molar-refractivity contribution in [2.24, 2.45) is 0 Å². The fourth-order valence-corrected chi connectivity index (χ4v) is 5.36. The van der Waals surface area contributed by atoms with Gasteiger partial charge in [0.2, 0.25) is 0 Å². The second-order valence-electron chi connectivity index (χ2n) is 9.35. The number of furan rings is 1. The molecule has 0 saturated heterocycles. The quantitative estimate of drug-likeness (QED) is 0.282. The van der Waals surface area contributed by atoms with Crippen LogP contribution in [-0.4, -0.2) is 15.0 Å². The Labute approximate surface area is 197 Å². The molecule has 162 valence electrons. The summed E-state index contributed by atoms with van der Waals surface area (Å²) in [6.45, 7) is 4.57. The zero-order valence-electron chi connectivity index (χ0n) is 18.9. The molecule has 0 fully saturated rings. The van der Waals surface area contributed by atoms with Crippen LogP contribution in [0.2, 0.25) is 0 Å². The second-order valence-corrected chi connectivity index (χ2v) is 9.35. The molecule has 0 N–H and O–H groups in total. The molecule has 0 bridgehead atoms. The van der Waals surface area contributed by atoms with Crippen molar-refractivity contribution in [2.45, 2.75) is 19.3 Å². The van der Waals surface area contributed by atoms with E-state index in [-0.39, 0.29) is 5.41 Å². The van der Waals surface area contributed by atoms with Crippen molar-refractivity contribution in [3.05, 3.63) is 103 Å². The van der Waals surface area contributed by atoms with E-state index in [0.717, 1.165) is 39.2 Å². The van der Waals surface area contributed by atoms with Crippen LogP contribution in [-0.2, 0) is 5.41 Å². The second kappa shape index (κ2) is 6.84. The van der Waals surface area contributed by atoms with Crippen LogP contribution in [0.15, 0.2) is 95.8 Å². The highest BCUT2D eigenvalue weighted by molar-refractivity contribution is 6.09. The number of aromatic nitrogens is 3. The van der Waals surface area contributed by atoms with Crippen LogP contribution in [0.1, 0.15) is 25.0 Å². The molecular weight excluding hydrogens is 418 g/mol. The molecule has 0 spiro atoms. The van der Waals surface area contributed by atoms with Crippen molar-refractivity contribution in [1.82, 2.24) is 15.0 Å². The van der Waals surface area contributed by atoms with Crippen molar-refractivity contribution in [3.63, 3.8) is 0 Å². The van der Waals surface area contributed by atoms with Gasteiger partial charge in [0, 0.05) is 33.5 Å². The number of hydrogen-bond acceptors (Lipinski definition) is 4. The topological polar surface area (TPSA) is 51.8 Å². The van der Waals surface area contributed by atoms with Gasteiger partial charge < -0.3 is 4.42 Å². The first-order valence-corrected chi connectivity index (χ1v) is 11.4. The lowest BCUT2D eigenvalue weighted by Crippen LogP contribution is -2.15. The Balaban J connectivity index is 1.37. The summed E-state index contributed by atoms with van der Waals surface area (Å²) in [6.07, 6.45) is 5.39. The van der Waals surface area contributed by atoms with Gasteiger partial charge in [-0.2, -0.15) is 0 Å². The highest BCUT2D eigenvalue weighted by Gasteiger charge is 2.38. The van der Waals surface area contributed by atoms with Gasteiger partial charge in [-0.1, -0.05) is 56.3 Å². The van der Waals surface area contributed by atoms with Gasteiger partial charge in [0.15, 0.2) is 0 Å². The zero-order chi connectivity index (χ0) is 22.9. The lowest BCUT2D eigenvalue weighted by atomic mass is 9.81. The van der Waals surface area contributed by atoms with Crippen molar-refractivity contribution in [1.29, 1.82) is 0 Å². The number of pyridine rings is 1. The average Bonchev–Trinajstić information content (AvgIpc) is 3.37. The first kappa shape index (κ1) is 19.2. The molecule has 6 aromatic rings. The molecule has 3 heterocycles. The van der Waals surface area contributed by atoms with E-state index < -0.39 is 0 Å². The molecule has 4 nitrogen and oxygen atoms in total. The summed E-state index contributed by atoms with van der Waals surface area (Å²) in [4.78, 5) is 13.7. The van der Waals surface area contributed by atoms with Gasteiger partial charge in [0.25, 0.3) is 0 Å². The van der Waals surface area contributed by atoms with Gasteiger partial charge in [-0.25, -0.2) is 0 Å². The van der Waals surface area contributed by atoms with Gasteiger partial charge in [0.05, 0.1) is 23.8 Å². The molecule has 1 aliphatic carbocycles. The third-order valence-electron chi connectivity index (χ3n) is 7.03. The van der Waals surface area contributed by atoms with Gasteiger partial charge in [-0.3, -0.25) is 15.0 Å². The maximum Gasteiger partial charge on any atom is 0.140 e. The summed E-state index contributed by atoms with van der Waals surface area (Å²) in [5, 5.41) is 2.34. The highest BCUT2D eigenvalue weighted by Crippen LogP contribution is 2.53. The summed E-state index contributed by atoms with van der Waals surface area (Å²) in [7, 11) is 0. The number of fused-ring (bicyclic) bond motifs is 7. The molecule has 0 aliphatic heterocycles. The fourth-order valence-electron chi connectivity index (χ4n) is 5.36. The molecule has 1 aliphatic rings. The van der Waals surface area contributed by atoms with Gasteiger partial charge in [-0.15, -0.1) is 0 Å². The summed E-state index contributed by atoms with van der Waals surface area (Å²) in [5.74, 6) is 0. The predicted molar refractivity (Wildman–Crippen MR) is 136 cm³/mol. The Bertz CT molecular complexity index is 1710. The van der Waals surface area contributed by atoms with Gasteiger partial charge in [0.1, 0.15) is 16.9 Å². The number of rotatable bonds is 2. The minimum absolute atomic E-state index is 0.162. The summed E-state index contributed by atoms with van der Waals surface area (Å²) in [5.41, 5.74) is 10.3. The lowest BCUT2D eigenvalue weighted by molar-refractivity contribution is 0.620. The lowest BCUT2D eigenvalue weighted by Gasteiger charge is -2.21. The molecule has 0 amide bonds. The molecule has 4 heteroatoms. The molecule has 34 heavy (non-hydrogen) atoms. The summed E-state index contributed by atoms with van der Waals surface area (Å²) < 4.78 is 6.40. The predicted octanol–water partition coefficient (Wildman–Crippen LogP) is 7.41. The normalized spacial score (nSPS) is 13.8. The van der Waals surface area contributed by atoms with Crippen LogP contribution in [0.3, 0.4) is 0 Å². The van der Waals surface area contributed by atoms with Gasteiger partial charge in [-0.05, 0) is 47.0 Å². The molecule has 3 aromatic heterocycles. The summed E-state index contributed by atoms with van der Waals surface area (Å²) in [6, 6.07) is 25.1. The zero-order valence-corrected chi connectivity index (χ0v) is 18.9. The van der Waals surface area contributed by atoms with Crippen molar-refractivity contribution >= 4 is 21.9 Å². The van der Waals surface area contributed by atoms with E-state index >= 15 is 0 Å². The van der Waals surface area contributed by atoms with E-state index in [1.165, 1.54) is 27.6 Å². The average molecular weight is 440 g/mol. The Kier molecular flexibility index (Phi) is 3.86. The van der Waals surface area contributed by atoms with E-state index in [9.17, 15) is 0 Å². The number of benzene rings is 3. The van der Waals surface area contributed by atoms with Crippen LogP contribution in [0.4, 0.5) is 0 Å². The minimum atomic E-state index is -0.162. The third-order valence-corrected chi connectivity index (χ3v) is 7.03. The monoisotopic (exact) mass is 439 g/mol. The van der Waals surface area contributed by atoms with Crippen LogP contribution in [0.5, 0.6) is 0 Å². The highest BCUT2D eigenvalue weighted by atomic mass is 16.3. The third kappa shape index (κ3) is 2.62. The molecule has 3 aromatic carbocycles. The molecule has 7 rings (SSSR count). The van der Waals surface area contributed by atoms with E-state index in [0.29, 0.717) is 0 Å². The number of hydrogen-bond donors (Lipinski definition) is 0. The Morgan fingerprint density at radius 3 is 2.32 bits per heavy atom. The Hall–Kier alpha value is -4.31. The largest absolute Gasteiger partial charge is 0.456 e. The standard InChI is InChI=1S/C30H21N3O/c1-30(2)23-13-10-18(25-16-33-26(17-32-25)24-8-5-6-14-31-24)15-22(23)20-11-12-21-19-7-3-4-9-27(19)34-29(21)28(20)30/h3-17H,1-2H3. The maximum absolute atomic E-state index is 6.40. The SMILES string of the molecule is CC1(C)c2ccc(-c3cnc(-c4ccccn4)cn3)cc2-c2ccc3c(oc4ccccc43)c21. The Morgan fingerprint density at radius 1 is 0.676 bits per heavy atom. The first-order chi connectivity index (χ1) is 16.6. The molecule has 0 saturated carbocycles. The van der Waals surface area contributed by atoms with Crippen molar-refractivity contribution in [2.75, 3.05) is 0 Å². The van der Waals surface area contributed by atoms with Gasteiger partial charge >= 0.3 is 0 Å². The molecular formula is C30H21N3O. The first-order valence-electron chi connectivity index (χ1n) is 11.4. The number of nitrogens with zero attached hydrogens (tertiary/aromatic N) is 3. The van der Waals surface area contributed by atoms with Crippen molar-refractivity contribution in [3.8, 4) is 33.8 Å².